The predicted molar refractivity (Wildman–Crippen MR) is 153 cm³/mol. The molecule has 1 fully saturated rings. The van der Waals surface area contributed by atoms with Gasteiger partial charge in [-0.2, -0.15) is 0 Å². The minimum Gasteiger partial charge on any atom is -0.490 e. The third-order valence-corrected chi connectivity index (χ3v) is 8.61. The van der Waals surface area contributed by atoms with Crippen LogP contribution in [0.4, 0.5) is 4.79 Å². The van der Waals surface area contributed by atoms with Crippen LogP contribution in [0, 0.1) is 0 Å². The molecule has 2 amide bonds. The van der Waals surface area contributed by atoms with Crippen molar-refractivity contribution in [2.24, 2.45) is 0 Å². The van der Waals surface area contributed by atoms with Gasteiger partial charge in [-0.15, -0.1) is 0 Å². The zero-order valence-electron chi connectivity index (χ0n) is 19.7. The van der Waals surface area contributed by atoms with Crippen LogP contribution in [-0.4, -0.2) is 35.8 Å². The Morgan fingerprint density at radius 1 is 0.946 bits per heavy atom. The van der Waals surface area contributed by atoms with Crippen molar-refractivity contribution in [3.05, 3.63) is 90.7 Å². The van der Waals surface area contributed by atoms with Gasteiger partial charge in [0.2, 0.25) is 0 Å². The number of para-hydroxylation sites is 1. The molecule has 4 rings (SSSR count). The second-order valence-corrected chi connectivity index (χ2v) is 10.7. The van der Waals surface area contributed by atoms with Crippen LogP contribution in [-0.2, 0) is 11.4 Å². The fraction of sp³-hybridized carbons (Fsp3) is 0.185. The molecule has 0 bridgehead atoms. The highest BCUT2D eigenvalue weighted by molar-refractivity contribution is 9.13. The maximum Gasteiger partial charge on any atom is 0.293 e. The topological polar surface area (TPSA) is 65.1 Å². The average Bonchev–Trinajstić information content (AvgIpc) is 3.16. The molecule has 1 aliphatic rings. The fourth-order valence-electron chi connectivity index (χ4n) is 3.48. The standard InChI is InChI=1S/C27H22Br2ClNO5S/c1-2-34-21-14-18(23(28)24(29)25(21)36-16-17-8-4-3-5-9-17)15-22-26(32)31(27(33)37-22)12-13-35-20-11-7-6-10-19(20)30/h3-11,14-15H,2,12-13,16H2,1H3/b22-15-. The third-order valence-electron chi connectivity index (χ3n) is 5.25. The maximum absolute atomic E-state index is 13.0. The first kappa shape index (κ1) is 27.6. The Morgan fingerprint density at radius 2 is 1.68 bits per heavy atom. The number of carbonyl (C=O) groups is 2. The number of hydrogen-bond acceptors (Lipinski definition) is 6. The number of halogens is 3. The van der Waals surface area contributed by atoms with Crippen LogP contribution >= 0.6 is 55.2 Å². The number of benzene rings is 3. The number of ether oxygens (including phenoxy) is 3. The first-order chi connectivity index (χ1) is 17.9. The maximum atomic E-state index is 13.0. The largest absolute Gasteiger partial charge is 0.490 e. The second-order valence-electron chi connectivity index (χ2n) is 7.74. The van der Waals surface area contributed by atoms with Crippen LogP contribution in [0.25, 0.3) is 6.08 Å². The van der Waals surface area contributed by atoms with Crippen molar-refractivity contribution in [1.82, 2.24) is 4.90 Å². The average molecular weight is 668 g/mol. The lowest BCUT2D eigenvalue weighted by Gasteiger charge is -2.17. The summed E-state index contributed by atoms with van der Waals surface area (Å²) >= 11 is 14.2. The first-order valence-electron chi connectivity index (χ1n) is 11.3. The van der Waals surface area contributed by atoms with Gasteiger partial charge in [-0.05, 0) is 85.9 Å². The van der Waals surface area contributed by atoms with Gasteiger partial charge >= 0.3 is 0 Å². The number of hydrogen-bond donors (Lipinski definition) is 0. The van der Waals surface area contributed by atoms with Crippen molar-refractivity contribution in [2.75, 3.05) is 19.8 Å². The Balaban J connectivity index is 1.51. The van der Waals surface area contributed by atoms with Crippen LogP contribution in [0.2, 0.25) is 5.02 Å². The predicted octanol–water partition coefficient (Wildman–Crippen LogP) is 7.96. The van der Waals surface area contributed by atoms with Crippen molar-refractivity contribution in [3.8, 4) is 17.2 Å². The molecule has 3 aromatic carbocycles. The van der Waals surface area contributed by atoms with Crippen molar-refractivity contribution >= 4 is 72.4 Å². The van der Waals surface area contributed by atoms with E-state index in [4.69, 9.17) is 25.8 Å². The van der Waals surface area contributed by atoms with Gasteiger partial charge < -0.3 is 14.2 Å². The third kappa shape index (κ3) is 6.71. The van der Waals surface area contributed by atoms with Gasteiger partial charge in [-0.3, -0.25) is 14.5 Å². The summed E-state index contributed by atoms with van der Waals surface area (Å²) in [6.07, 6.45) is 1.66. The van der Waals surface area contributed by atoms with E-state index in [1.807, 2.05) is 37.3 Å². The van der Waals surface area contributed by atoms with Crippen molar-refractivity contribution < 1.29 is 23.8 Å². The highest BCUT2D eigenvalue weighted by atomic mass is 79.9. The molecule has 1 saturated heterocycles. The van der Waals surface area contributed by atoms with Gasteiger partial charge in [-0.25, -0.2) is 0 Å². The van der Waals surface area contributed by atoms with E-state index in [1.54, 1.807) is 36.4 Å². The van der Waals surface area contributed by atoms with E-state index in [1.165, 1.54) is 0 Å². The molecule has 0 N–H and O–H groups in total. The van der Waals surface area contributed by atoms with Crippen molar-refractivity contribution in [2.45, 2.75) is 13.5 Å². The van der Waals surface area contributed by atoms with Crippen LogP contribution in [0.15, 0.2) is 74.5 Å². The minimum absolute atomic E-state index is 0.106. The monoisotopic (exact) mass is 665 g/mol. The van der Waals surface area contributed by atoms with Crippen LogP contribution in [0.1, 0.15) is 18.1 Å². The molecule has 0 aliphatic carbocycles. The smallest absolute Gasteiger partial charge is 0.293 e. The number of amides is 2. The lowest BCUT2D eigenvalue weighted by Crippen LogP contribution is -2.32. The zero-order valence-corrected chi connectivity index (χ0v) is 24.5. The first-order valence-corrected chi connectivity index (χ1v) is 14.1. The van der Waals surface area contributed by atoms with Gasteiger partial charge in [-0.1, -0.05) is 54.1 Å². The van der Waals surface area contributed by atoms with E-state index in [-0.39, 0.29) is 24.3 Å². The highest BCUT2D eigenvalue weighted by Crippen LogP contribution is 2.45. The lowest BCUT2D eigenvalue weighted by molar-refractivity contribution is -0.123. The van der Waals surface area contributed by atoms with E-state index < -0.39 is 0 Å². The molecule has 0 radical (unpaired) electrons. The molecule has 1 aliphatic heterocycles. The summed E-state index contributed by atoms with van der Waals surface area (Å²) in [5, 5.41) is 0.107. The van der Waals surface area contributed by atoms with E-state index in [0.29, 0.717) is 54.9 Å². The summed E-state index contributed by atoms with van der Waals surface area (Å²) in [6.45, 7) is 2.91. The van der Waals surface area contributed by atoms with Gasteiger partial charge in [0.05, 0.1) is 27.6 Å². The van der Waals surface area contributed by atoms with Gasteiger partial charge in [0.25, 0.3) is 11.1 Å². The SMILES string of the molecule is CCOc1cc(/C=C2\SC(=O)N(CCOc3ccccc3Cl)C2=O)c(Br)c(Br)c1OCc1ccccc1. The Bertz CT molecular complexity index is 1340. The highest BCUT2D eigenvalue weighted by Gasteiger charge is 2.35. The summed E-state index contributed by atoms with van der Waals surface area (Å²) < 4.78 is 18.9. The molecule has 37 heavy (non-hydrogen) atoms. The Hall–Kier alpha value is -2.46. The minimum atomic E-state index is -0.386. The number of rotatable bonds is 10. The van der Waals surface area contributed by atoms with E-state index in [0.717, 1.165) is 22.2 Å². The van der Waals surface area contributed by atoms with Gasteiger partial charge in [0.15, 0.2) is 11.5 Å². The van der Waals surface area contributed by atoms with E-state index in [9.17, 15) is 9.59 Å². The molecular weight excluding hydrogens is 646 g/mol. The summed E-state index contributed by atoms with van der Waals surface area (Å²) in [5.41, 5.74) is 1.68. The van der Waals surface area contributed by atoms with Crippen LogP contribution in [0.3, 0.4) is 0 Å². The van der Waals surface area contributed by atoms with Gasteiger partial charge in [0.1, 0.15) is 19.0 Å². The molecule has 0 unspecified atom stereocenters. The summed E-state index contributed by atoms with van der Waals surface area (Å²) in [5.74, 6) is 1.17. The quantitative estimate of drug-likeness (QED) is 0.205. The van der Waals surface area contributed by atoms with Gasteiger partial charge in [0, 0.05) is 4.47 Å². The molecule has 192 valence electrons. The summed E-state index contributed by atoms with van der Waals surface area (Å²) in [4.78, 5) is 27.0. The normalized spacial score (nSPS) is 14.4. The number of imide groups is 1. The molecule has 3 aromatic rings. The second kappa shape index (κ2) is 12.9. The molecule has 1 heterocycles. The fourth-order valence-corrected chi connectivity index (χ4v) is 5.47. The molecule has 0 spiro atoms. The van der Waals surface area contributed by atoms with Crippen molar-refractivity contribution in [3.63, 3.8) is 0 Å². The Kier molecular flexibility index (Phi) is 9.59. The molecule has 10 heteroatoms. The molecule has 0 aromatic heterocycles. The molecular formula is C27H22Br2ClNO5S. The summed E-state index contributed by atoms with van der Waals surface area (Å²) in [7, 11) is 0. The van der Waals surface area contributed by atoms with Crippen LogP contribution in [0.5, 0.6) is 17.2 Å². The lowest BCUT2D eigenvalue weighted by atomic mass is 10.1. The number of nitrogens with zero attached hydrogens (tertiary/aromatic N) is 1. The molecule has 0 atom stereocenters. The molecule has 6 nitrogen and oxygen atoms in total. The Labute approximate surface area is 241 Å². The van der Waals surface area contributed by atoms with Crippen molar-refractivity contribution in [1.29, 1.82) is 0 Å². The molecule has 0 saturated carbocycles. The number of thioether (sulfide) groups is 1. The Morgan fingerprint density at radius 3 is 2.41 bits per heavy atom. The van der Waals surface area contributed by atoms with E-state index >= 15 is 0 Å². The van der Waals surface area contributed by atoms with E-state index in [2.05, 4.69) is 31.9 Å². The van der Waals surface area contributed by atoms with Crippen LogP contribution < -0.4 is 14.2 Å². The number of carbonyl (C=O) groups excluding carboxylic acids is 2. The summed E-state index contributed by atoms with van der Waals surface area (Å²) in [6, 6.07) is 18.6. The zero-order chi connectivity index (χ0) is 26.4.